The zero-order valence-electron chi connectivity index (χ0n) is 11.2. The van der Waals surface area contributed by atoms with Crippen molar-refractivity contribution in [3.63, 3.8) is 0 Å². The minimum absolute atomic E-state index is 0.0838. The maximum Gasteiger partial charge on any atom is 0.223 e. The van der Waals surface area contributed by atoms with E-state index in [0.717, 1.165) is 29.7 Å². The molecular formula is C13H21N5. The topological polar surface area (TPSA) is 103 Å². The van der Waals surface area contributed by atoms with E-state index < -0.39 is 0 Å². The standard InChI is InChI=1S/C13H21N5/c1-4-9-6-8(3)7-10(5-2)11(9)17-13(16)18-12(14)15/h6-7H,4-5H2,1-3H3,(H6,14,15,16,17,18). The van der Waals surface area contributed by atoms with Gasteiger partial charge in [-0.2, -0.15) is 4.99 Å². The largest absolute Gasteiger partial charge is 0.370 e. The van der Waals surface area contributed by atoms with Gasteiger partial charge in [0.05, 0.1) is 5.69 Å². The number of guanidine groups is 2. The van der Waals surface area contributed by atoms with E-state index in [4.69, 9.17) is 17.2 Å². The fourth-order valence-electron chi connectivity index (χ4n) is 1.89. The van der Waals surface area contributed by atoms with Gasteiger partial charge >= 0.3 is 0 Å². The van der Waals surface area contributed by atoms with Gasteiger partial charge in [0.2, 0.25) is 5.96 Å². The van der Waals surface area contributed by atoms with E-state index >= 15 is 0 Å². The molecule has 0 radical (unpaired) electrons. The van der Waals surface area contributed by atoms with Crippen LogP contribution >= 0.6 is 0 Å². The molecule has 0 aliphatic rings. The van der Waals surface area contributed by atoms with Gasteiger partial charge in [-0.25, -0.2) is 4.99 Å². The molecule has 18 heavy (non-hydrogen) atoms. The maximum atomic E-state index is 5.69. The second-order valence-electron chi connectivity index (χ2n) is 4.15. The fraction of sp³-hybridized carbons (Fsp3) is 0.385. The van der Waals surface area contributed by atoms with E-state index in [1.165, 1.54) is 5.56 Å². The average Bonchev–Trinajstić information content (AvgIpc) is 2.29. The summed E-state index contributed by atoms with van der Waals surface area (Å²) < 4.78 is 0. The van der Waals surface area contributed by atoms with Crippen molar-refractivity contribution in [3.05, 3.63) is 28.8 Å². The molecule has 0 aliphatic heterocycles. The molecule has 5 nitrogen and oxygen atoms in total. The van der Waals surface area contributed by atoms with Gasteiger partial charge in [-0.15, -0.1) is 0 Å². The lowest BCUT2D eigenvalue weighted by Crippen LogP contribution is -2.26. The van der Waals surface area contributed by atoms with Crippen molar-refractivity contribution in [2.75, 3.05) is 0 Å². The third kappa shape index (κ3) is 3.48. The highest BCUT2D eigenvalue weighted by molar-refractivity contribution is 5.93. The number of nitrogens with zero attached hydrogens (tertiary/aromatic N) is 2. The van der Waals surface area contributed by atoms with Gasteiger partial charge in [0.1, 0.15) is 0 Å². The van der Waals surface area contributed by atoms with Crippen molar-refractivity contribution in [1.82, 2.24) is 0 Å². The molecule has 5 heteroatoms. The average molecular weight is 247 g/mol. The molecule has 98 valence electrons. The molecule has 1 aromatic rings. The molecule has 0 spiro atoms. The van der Waals surface area contributed by atoms with Gasteiger partial charge in [0.25, 0.3) is 0 Å². The van der Waals surface area contributed by atoms with Crippen molar-refractivity contribution < 1.29 is 0 Å². The molecule has 0 unspecified atom stereocenters. The van der Waals surface area contributed by atoms with Crippen LogP contribution in [-0.4, -0.2) is 11.9 Å². The summed E-state index contributed by atoms with van der Waals surface area (Å²) in [6.45, 7) is 6.25. The molecule has 0 bridgehead atoms. The second kappa shape index (κ2) is 6.05. The molecule has 0 saturated heterocycles. The summed E-state index contributed by atoms with van der Waals surface area (Å²) in [5.74, 6) is 0.00251. The van der Waals surface area contributed by atoms with E-state index in [0.29, 0.717) is 0 Å². The Morgan fingerprint density at radius 2 is 1.56 bits per heavy atom. The van der Waals surface area contributed by atoms with Crippen LogP contribution in [0.1, 0.15) is 30.5 Å². The van der Waals surface area contributed by atoms with Gasteiger partial charge in [-0.1, -0.05) is 31.5 Å². The van der Waals surface area contributed by atoms with Gasteiger partial charge in [0, 0.05) is 0 Å². The summed E-state index contributed by atoms with van der Waals surface area (Å²) in [6, 6.07) is 4.22. The highest BCUT2D eigenvalue weighted by Crippen LogP contribution is 2.27. The molecular weight excluding hydrogens is 226 g/mol. The quantitative estimate of drug-likeness (QED) is 0.554. The number of hydrogen-bond donors (Lipinski definition) is 3. The molecule has 0 saturated carbocycles. The van der Waals surface area contributed by atoms with Gasteiger partial charge in [-0.3, -0.25) is 0 Å². The van der Waals surface area contributed by atoms with Crippen molar-refractivity contribution in [3.8, 4) is 0 Å². The third-order valence-corrected chi connectivity index (χ3v) is 2.64. The predicted molar refractivity (Wildman–Crippen MR) is 77.0 cm³/mol. The summed E-state index contributed by atoms with van der Waals surface area (Å²) >= 11 is 0. The molecule has 0 amide bonds. The summed E-state index contributed by atoms with van der Waals surface area (Å²) in [5, 5.41) is 0. The first-order valence-electron chi connectivity index (χ1n) is 6.04. The summed E-state index contributed by atoms with van der Waals surface area (Å²) in [7, 11) is 0. The van der Waals surface area contributed by atoms with Crippen LogP contribution in [-0.2, 0) is 12.8 Å². The normalized spacial score (nSPS) is 11.4. The number of nitrogens with two attached hydrogens (primary N) is 3. The molecule has 6 N–H and O–H groups in total. The minimum atomic E-state index is -0.0838. The zero-order chi connectivity index (χ0) is 13.7. The summed E-state index contributed by atoms with van der Waals surface area (Å²) in [6.07, 6.45) is 1.78. The van der Waals surface area contributed by atoms with Crippen LogP contribution in [0.15, 0.2) is 22.1 Å². The van der Waals surface area contributed by atoms with Crippen molar-refractivity contribution in [2.45, 2.75) is 33.6 Å². The second-order valence-corrected chi connectivity index (χ2v) is 4.15. The highest BCUT2D eigenvalue weighted by Gasteiger charge is 2.07. The van der Waals surface area contributed by atoms with Gasteiger partial charge in [0.15, 0.2) is 5.96 Å². The first-order chi connectivity index (χ1) is 8.47. The van der Waals surface area contributed by atoms with E-state index in [1.54, 1.807) is 0 Å². The lowest BCUT2D eigenvalue weighted by molar-refractivity contribution is 1.07. The Kier molecular flexibility index (Phi) is 4.71. The molecule has 1 rings (SSSR count). The first kappa shape index (κ1) is 14.0. The molecule has 0 fully saturated rings. The molecule has 0 aliphatic carbocycles. The molecule has 0 aromatic heterocycles. The van der Waals surface area contributed by atoms with Crippen LogP contribution in [0.2, 0.25) is 0 Å². The van der Waals surface area contributed by atoms with E-state index in [2.05, 4.69) is 42.9 Å². The van der Waals surface area contributed by atoms with Gasteiger partial charge < -0.3 is 17.2 Å². The Labute approximate surface area is 108 Å². The number of benzene rings is 1. The zero-order valence-corrected chi connectivity index (χ0v) is 11.2. The molecule has 0 heterocycles. The first-order valence-corrected chi connectivity index (χ1v) is 6.04. The van der Waals surface area contributed by atoms with Crippen molar-refractivity contribution in [1.29, 1.82) is 0 Å². The third-order valence-electron chi connectivity index (χ3n) is 2.64. The summed E-state index contributed by atoms with van der Waals surface area (Å²) in [4.78, 5) is 8.07. The minimum Gasteiger partial charge on any atom is -0.370 e. The van der Waals surface area contributed by atoms with Crippen LogP contribution in [0.25, 0.3) is 0 Å². The number of aryl methyl sites for hydroxylation is 3. The number of rotatable bonds is 3. The smallest absolute Gasteiger partial charge is 0.223 e. The Balaban J connectivity index is 3.34. The van der Waals surface area contributed by atoms with E-state index in [9.17, 15) is 0 Å². The van der Waals surface area contributed by atoms with Crippen LogP contribution in [0.5, 0.6) is 0 Å². The Hall–Kier alpha value is -2.04. The molecule has 1 aromatic carbocycles. The fourth-order valence-corrected chi connectivity index (χ4v) is 1.89. The van der Waals surface area contributed by atoms with Crippen LogP contribution in [0.4, 0.5) is 5.69 Å². The van der Waals surface area contributed by atoms with Crippen LogP contribution in [0, 0.1) is 6.92 Å². The van der Waals surface area contributed by atoms with Crippen molar-refractivity contribution in [2.24, 2.45) is 27.2 Å². The van der Waals surface area contributed by atoms with E-state index in [1.807, 2.05) is 0 Å². The van der Waals surface area contributed by atoms with Crippen molar-refractivity contribution >= 4 is 17.6 Å². The molecule has 0 atom stereocenters. The Morgan fingerprint density at radius 1 is 1.06 bits per heavy atom. The van der Waals surface area contributed by atoms with E-state index in [-0.39, 0.29) is 11.9 Å². The lowest BCUT2D eigenvalue weighted by atomic mass is 10.00. The lowest BCUT2D eigenvalue weighted by Gasteiger charge is -2.10. The number of aliphatic imine (C=N–C) groups is 2. The van der Waals surface area contributed by atoms with Crippen LogP contribution < -0.4 is 17.2 Å². The highest BCUT2D eigenvalue weighted by atomic mass is 15.1. The Morgan fingerprint density at radius 3 is 1.94 bits per heavy atom. The monoisotopic (exact) mass is 247 g/mol. The Bertz CT molecular complexity index is 459. The number of hydrogen-bond acceptors (Lipinski definition) is 1. The predicted octanol–water partition coefficient (Wildman–Crippen LogP) is 1.34. The SMILES string of the molecule is CCc1cc(C)cc(CC)c1N=C(N)N=C(N)N. The maximum absolute atomic E-state index is 5.69. The summed E-state index contributed by atoms with van der Waals surface area (Å²) in [5.41, 5.74) is 20.7. The van der Waals surface area contributed by atoms with Crippen LogP contribution in [0.3, 0.4) is 0 Å². The van der Waals surface area contributed by atoms with Gasteiger partial charge in [-0.05, 0) is 30.9 Å².